The number of amides is 1. The topological polar surface area (TPSA) is 148 Å². The lowest BCUT2D eigenvalue weighted by Crippen LogP contribution is -2.36. The first-order chi connectivity index (χ1) is 15.0. The number of aldehydes is 1. The number of hydrogen-bond acceptors (Lipinski definition) is 9. The minimum absolute atomic E-state index is 0.0479. The Morgan fingerprint density at radius 1 is 1.29 bits per heavy atom. The van der Waals surface area contributed by atoms with Crippen molar-refractivity contribution in [3.05, 3.63) is 30.4 Å². The first-order valence-electron chi connectivity index (χ1n) is 9.84. The van der Waals surface area contributed by atoms with Gasteiger partial charge in [0.1, 0.15) is 12.4 Å². The van der Waals surface area contributed by atoms with E-state index in [0.717, 1.165) is 19.1 Å². The van der Waals surface area contributed by atoms with Gasteiger partial charge in [-0.15, -0.1) is 0 Å². The smallest absolute Gasteiger partial charge is 0.228 e. The highest BCUT2D eigenvalue weighted by Crippen LogP contribution is 2.30. The highest BCUT2D eigenvalue weighted by Gasteiger charge is 2.29. The normalized spacial score (nSPS) is 13.7. The zero-order valence-corrected chi connectivity index (χ0v) is 17.1. The molecule has 31 heavy (non-hydrogen) atoms. The molecular formula is C21H22N8O2. The fourth-order valence-electron chi connectivity index (χ4n) is 2.91. The quantitative estimate of drug-likeness (QED) is 0.549. The first kappa shape index (κ1) is 21.8. The first-order valence-corrected chi connectivity index (χ1v) is 9.84. The van der Waals surface area contributed by atoms with Gasteiger partial charge in [0, 0.05) is 37.2 Å². The third kappa shape index (κ3) is 6.04. The molecule has 1 saturated carbocycles. The van der Waals surface area contributed by atoms with Crippen LogP contribution in [-0.4, -0.2) is 58.2 Å². The van der Waals surface area contributed by atoms with Crippen molar-refractivity contribution in [1.29, 1.82) is 10.5 Å². The number of carbonyl (C=O) groups is 2. The van der Waals surface area contributed by atoms with Crippen molar-refractivity contribution in [2.45, 2.75) is 25.3 Å². The summed E-state index contributed by atoms with van der Waals surface area (Å²) >= 11 is 0. The number of nitrogens with zero attached hydrogens (tertiary/aromatic N) is 6. The Bertz CT molecular complexity index is 1020. The Hall–Kier alpha value is -3.89. The van der Waals surface area contributed by atoms with Crippen molar-refractivity contribution in [2.75, 3.05) is 30.8 Å². The van der Waals surface area contributed by atoms with Crippen LogP contribution in [0.5, 0.6) is 0 Å². The molecule has 1 amide bonds. The molecule has 2 N–H and O–H groups in total. The lowest BCUT2D eigenvalue weighted by molar-refractivity contribution is -0.117. The zero-order valence-electron chi connectivity index (χ0n) is 17.1. The van der Waals surface area contributed by atoms with Gasteiger partial charge in [0.2, 0.25) is 5.91 Å². The van der Waals surface area contributed by atoms with Crippen LogP contribution in [0.3, 0.4) is 0 Å². The van der Waals surface area contributed by atoms with Gasteiger partial charge in [0.25, 0.3) is 0 Å². The van der Waals surface area contributed by atoms with Crippen molar-refractivity contribution in [2.24, 2.45) is 5.92 Å². The SMILES string of the molecule is CN(CCC#N)C[C@@H](C=O)Nc1cc(-c2cnc(NC(=O)C3CC3)cn2)cnc1C#N. The van der Waals surface area contributed by atoms with Gasteiger partial charge in [-0.1, -0.05) is 0 Å². The molecule has 2 aromatic heterocycles. The van der Waals surface area contributed by atoms with E-state index in [1.54, 1.807) is 6.07 Å². The fraction of sp³-hybridized carbons (Fsp3) is 0.381. The Balaban J connectivity index is 1.73. The summed E-state index contributed by atoms with van der Waals surface area (Å²) in [4.78, 5) is 37.9. The number of anilines is 2. The second-order valence-corrected chi connectivity index (χ2v) is 7.34. The van der Waals surface area contributed by atoms with Gasteiger partial charge in [-0.25, -0.2) is 9.97 Å². The van der Waals surface area contributed by atoms with Gasteiger partial charge < -0.3 is 20.3 Å². The third-order valence-corrected chi connectivity index (χ3v) is 4.76. The predicted molar refractivity (Wildman–Crippen MR) is 113 cm³/mol. The summed E-state index contributed by atoms with van der Waals surface area (Å²) in [6.45, 7) is 0.903. The fourth-order valence-corrected chi connectivity index (χ4v) is 2.91. The minimum atomic E-state index is -0.584. The maximum absolute atomic E-state index is 11.8. The Morgan fingerprint density at radius 2 is 2.10 bits per heavy atom. The van der Waals surface area contributed by atoms with E-state index in [4.69, 9.17) is 5.26 Å². The summed E-state index contributed by atoms with van der Waals surface area (Å²) in [7, 11) is 1.81. The van der Waals surface area contributed by atoms with Crippen LogP contribution in [-0.2, 0) is 9.59 Å². The molecular weight excluding hydrogens is 396 g/mol. The van der Waals surface area contributed by atoms with E-state index in [1.165, 1.54) is 18.6 Å². The molecule has 3 rings (SSSR count). The number of aromatic nitrogens is 3. The van der Waals surface area contributed by atoms with Crippen LogP contribution in [0.1, 0.15) is 25.0 Å². The van der Waals surface area contributed by atoms with Crippen LogP contribution < -0.4 is 10.6 Å². The molecule has 0 radical (unpaired) electrons. The third-order valence-electron chi connectivity index (χ3n) is 4.76. The summed E-state index contributed by atoms with van der Waals surface area (Å²) in [6.07, 6.45) is 7.42. The number of likely N-dealkylation sites (N-methyl/N-ethyl adjacent to an activating group) is 1. The lowest BCUT2D eigenvalue weighted by atomic mass is 10.1. The number of carbonyl (C=O) groups excluding carboxylic acids is 2. The van der Waals surface area contributed by atoms with E-state index in [2.05, 4.69) is 31.7 Å². The van der Waals surface area contributed by atoms with Gasteiger partial charge in [-0.3, -0.25) is 9.78 Å². The van der Waals surface area contributed by atoms with Crippen LogP contribution >= 0.6 is 0 Å². The van der Waals surface area contributed by atoms with Crippen molar-refractivity contribution in [3.8, 4) is 23.4 Å². The second-order valence-electron chi connectivity index (χ2n) is 7.34. The highest BCUT2D eigenvalue weighted by molar-refractivity contribution is 5.93. The predicted octanol–water partition coefficient (Wildman–Crippen LogP) is 1.58. The molecule has 1 aliphatic rings. The molecule has 0 aliphatic heterocycles. The average Bonchev–Trinajstić information content (AvgIpc) is 3.63. The summed E-state index contributed by atoms with van der Waals surface area (Å²) in [5.41, 5.74) is 1.67. The molecule has 2 aromatic rings. The summed E-state index contributed by atoms with van der Waals surface area (Å²) < 4.78 is 0. The zero-order chi connectivity index (χ0) is 22.2. The maximum Gasteiger partial charge on any atom is 0.228 e. The maximum atomic E-state index is 11.8. The van der Waals surface area contributed by atoms with E-state index in [1.807, 2.05) is 18.0 Å². The Kier molecular flexibility index (Phi) is 7.20. The molecule has 2 heterocycles. The van der Waals surface area contributed by atoms with Gasteiger partial charge in [0.15, 0.2) is 11.5 Å². The highest BCUT2D eigenvalue weighted by atomic mass is 16.2. The average molecular weight is 418 g/mol. The van der Waals surface area contributed by atoms with Crippen LogP contribution in [0.2, 0.25) is 0 Å². The summed E-state index contributed by atoms with van der Waals surface area (Å²) in [5, 5.41) is 23.8. The molecule has 158 valence electrons. The molecule has 10 heteroatoms. The van der Waals surface area contributed by atoms with Gasteiger partial charge in [-0.05, 0) is 26.0 Å². The molecule has 1 fully saturated rings. The largest absolute Gasteiger partial charge is 0.372 e. The molecule has 0 unspecified atom stereocenters. The van der Waals surface area contributed by atoms with Crippen LogP contribution in [0.25, 0.3) is 11.3 Å². The molecule has 0 aromatic carbocycles. The second kappa shape index (κ2) is 10.2. The number of nitriles is 2. The molecule has 1 atom stereocenters. The van der Waals surface area contributed by atoms with Gasteiger partial charge in [0.05, 0.1) is 35.9 Å². The summed E-state index contributed by atoms with van der Waals surface area (Å²) in [6, 6.07) is 5.18. The van der Waals surface area contributed by atoms with Crippen molar-refractivity contribution < 1.29 is 9.59 Å². The van der Waals surface area contributed by atoms with E-state index in [0.29, 0.717) is 42.3 Å². The van der Waals surface area contributed by atoms with E-state index in [9.17, 15) is 14.9 Å². The van der Waals surface area contributed by atoms with Crippen LogP contribution in [0.4, 0.5) is 11.5 Å². The minimum Gasteiger partial charge on any atom is -0.372 e. The van der Waals surface area contributed by atoms with E-state index >= 15 is 0 Å². The van der Waals surface area contributed by atoms with Crippen molar-refractivity contribution in [1.82, 2.24) is 19.9 Å². The van der Waals surface area contributed by atoms with Crippen LogP contribution in [0.15, 0.2) is 24.7 Å². The van der Waals surface area contributed by atoms with Crippen molar-refractivity contribution >= 4 is 23.7 Å². The summed E-state index contributed by atoms with van der Waals surface area (Å²) in [5.74, 6) is 0.401. The monoisotopic (exact) mass is 418 g/mol. The van der Waals surface area contributed by atoms with E-state index < -0.39 is 6.04 Å². The molecule has 0 bridgehead atoms. The number of hydrogen-bond donors (Lipinski definition) is 2. The number of pyridine rings is 1. The van der Waals surface area contributed by atoms with Crippen LogP contribution in [0, 0.1) is 28.6 Å². The standard InChI is InChI=1S/C21H22N8O2/c1-29(6-2-5-22)12-16(13-30)27-17-7-15(9-24-18(17)8-23)19-10-26-20(11-25-19)28-21(31)14-3-4-14/h7,9-11,13-14,16,27H,2-4,6,12H2,1H3,(H,26,28,31)/t16-/m0/s1. The van der Waals surface area contributed by atoms with E-state index in [-0.39, 0.29) is 17.5 Å². The molecule has 0 spiro atoms. The number of nitrogens with one attached hydrogen (secondary N) is 2. The molecule has 0 saturated heterocycles. The molecule has 10 nitrogen and oxygen atoms in total. The molecule has 1 aliphatic carbocycles. The lowest BCUT2D eigenvalue weighted by Gasteiger charge is -2.21. The Labute approximate surface area is 179 Å². The van der Waals surface area contributed by atoms with Crippen molar-refractivity contribution in [3.63, 3.8) is 0 Å². The number of rotatable bonds is 10. The Morgan fingerprint density at radius 3 is 2.71 bits per heavy atom. The van der Waals surface area contributed by atoms with Gasteiger partial charge >= 0.3 is 0 Å². The van der Waals surface area contributed by atoms with Gasteiger partial charge in [-0.2, -0.15) is 10.5 Å².